The van der Waals surface area contributed by atoms with Crippen molar-refractivity contribution in [2.45, 2.75) is 58.3 Å². The molecule has 1 aliphatic rings. The molecule has 0 saturated heterocycles. The van der Waals surface area contributed by atoms with Gasteiger partial charge in [-0.2, -0.15) is 0 Å². The highest BCUT2D eigenvalue weighted by Crippen LogP contribution is 2.28. The maximum absolute atomic E-state index is 5.93. The Labute approximate surface area is 121 Å². The van der Waals surface area contributed by atoms with Gasteiger partial charge in [0.1, 0.15) is 0 Å². The fourth-order valence-electron chi connectivity index (χ4n) is 3.07. The standard InChI is InChI=1S/C17H25N3/c1-12(2)20-11-14(10-19-15-6-4-7-15)17-13(9-18)5-3-8-16(17)20/h3,5,8,11-12,15,19H,4,6-7,9-10,18H2,1-2H3. The second kappa shape index (κ2) is 5.58. The maximum Gasteiger partial charge on any atom is 0.0489 e. The summed E-state index contributed by atoms with van der Waals surface area (Å²) >= 11 is 0. The summed E-state index contributed by atoms with van der Waals surface area (Å²) in [5, 5.41) is 5.03. The first-order chi connectivity index (χ1) is 9.70. The largest absolute Gasteiger partial charge is 0.345 e. The van der Waals surface area contributed by atoms with Gasteiger partial charge in [-0.25, -0.2) is 0 Å². The zero-order chi connectivity index (χ0) is 14.1. The van der Waals surface area contributed by atoms with Gasteiger partial charge < -0.3 is 15.6 Å². The molecule has 0 atom stereocenters. The third-order valence-electron chi connectivity index (χ3n) is 4.49. The second-order valence-electron chi connectivity index (χ2n) is 6.18. The van der Waals surface area contributed by atoms with Gasteiger partial charge in [-0.1, -0.05) is 18.6 Å². The molecule has 1 aromatic heterocycles. The molecule has 1 heterocycles. The van der Waals surface area contributed by atoms with Crippen LogP contribution in [0, 0.1) is 0 Å². The molecule has 0 aliphatic heterocycles. The Kier molecular flexibility index (Phi) is 3.81. The average molecular weight is 271 g/mol. The normalized spacial score (nSPS) is 16.0. The molecular formula is C17H25N3. The highest BCUT2D eigenvalue weighted by Gasteiger charge is 2.18. The minimum atomic E-state index is 0.475. The summed E-state index contributed by atoms with van der Waals surface area (Å²) in [4.78, 5) is 0. The van der Waals surface area contributed by atoms with Crippen molar-refractivity contribution in [1.29, 1.82) is 0 Å². The van der Waals surface area contributed by atoms with Gasteiger partial charge in [-0.05, 0) is 43.9 Å². The van der Waals surface area contributed by atoms with Crippen molar-refractivity contribution in [3.05, 3.63) is 35.5 Å². The van der Waals surface area contributed by atoms with E-state index >= 15 is 0 Å². The van der Waals surface area contributed by atoms with E-state index in [2.05, 4.69) is 48.1 Å². The highest BCUT2D eigenvalue weighted by molar-refractivity contribution is 5.87. The zero-order valence-electron chi connectivity index (χ0n) is 12.5. The Bertz CT molecular complexity index is 594. The average Bonchev–Trinajstić information content (AvgIpc) is 2.76. The second-order valence-corrected chi connectivity index (χ2v) is 6.18. The van der Waals surface area contributed by atoms with E-state index in [9.17, 15) is 0 Å². The molecule has 0 radical (unpaired) electrons. The van der Waals surface area contributed by atoms with E-state index in [0.717, 1.165) is 12.6 Å². The van der Waals surface area contributed by atoms with Crippen molar-refractivity contribution in [2.24, 2.45) is 5.73 Å². The van der Waals surface area contributed by atoms with Crippen LogP contribution in [0.4, 0.5) is 0 Å². The molecule has 0 spiro atoms. The van der Waals surface area contributed by atoms with Crippen molar-refractivity contribution in [3.8, 4) is 0 Å². The Balaban J connectivity index is 1.99. The summed E-state index contributed by atoms with van der Waals surface area (Å²) in [6.45, 7) is 6.03. The number of hydrogen-bond donors (Lipinski definition) is 2. The van der Waals surface area contributed by atoms with Crippen molar-refractivity contribution in [3.63, 3.8) is 0 Å². The summed E-state index contributed by atoms with van der Waals surface area (Å²) < 4.78 is 2.37. The van der Waals surface area contributed by atoms with E-state index in [0.29, 0.717) is 12.6 Å². The van der Waals surface area contributed by atoms with Gasteiger partial charge >= 0.3 is 0 Å². The summed E-state index contributed by atoms with van der Waals surface area (Å²) in [6, 6.07) is 7.67. The number of nitrogens with zero attached hydrogens (tertiary/aromatic N) is 1. The first-order valence-electron chi connectivity index (χ1n) is 7.75. The molecule has 3 heteroatoms. The number of nitrogens with one attached hydrogen (secondary N) is 1. The summed E-state index contributed by atoms with van der Waals surface area (Å²) in [6.07, 6.45) is 6.33. The number of benzene rings is 1. The lowest BCUT2D eigenvalue weighted by molar-refractivity contribution is 0.338. The number of nitrogens with two attached hydrogens (primary N) is 1. The molecule has 108 valence electrons. The number of aromatic nitrogens is 1. The maximum atomic E-state index is 5.93. The van der Waals surface area contributed by atoms with Gasteiger partial charge in [0.15, 0.2) is 0 Å². The van der Waals surface area contributed by atoms with Gasteiger partial charge in [-0.3, -0.25) is 0 Å². The summed E-state index contributed by atoms with van der Waals surface area (Å²) in [7, 11) is 0. The van der Waals surface area contributed by atoms with E-state index in [4.69, 9.17) is 5.73 Å². The van der Waals surface area contributed by atoms with Crippen LogP contribution >= 0.6 is 0 Å². The van der Waals surface area contributed by atoms with Gasteiger partial charge in [-0.15, -0.1) is 0 Å². The summed E-state index contributed by atoms with van der Waals surface area (Å²) in [5.41, 5.74) is 9.89. The number of hydrogen-bond acceptors (Lipinski definition) is 2. The van der Waals surface area contributed by atoms with Gasteiger partial charge in [0, 0.05) is 42.3 Å². The molecule has 1 saturated carbocycles. The molecule has 0 amide bonds. The minimum absolute atomic E-state index is 0.475. The lowest BCUT2D eigenvalue weighted by Crippen LogP contribution is -2.34. The van der Waals surface area contributed by atoms with E-state index in [1.807, 2.05) is 0 Å². The molecule has 0 bridgehead atoms. The Hall–Kier alpha value is -1.32. The number of rotatable bonds is 5. The van der Waals surface area contributed by atoms with Gasteiger partial charge in [0.25, 0.3) is 0 Å². The van der Waals surface area contributed by atoms with Crippen LogP contribution in [0.1, 0.15) is 50.3 Å². The van der Waals surface area contributed by atoms with Crippen LogP contribution in [0.3, 0.4) is 0 Å². The molecule has 3 N–H and O–H groups in total. The predicted octanol–water partition coefficient (Wildman–Crippen LogP) is 3.32. The molecule has 1 aliphatic carbocycles. The topological polar surface area (TPSA) is 43.0 Å². The van der Waals surface area contributed by atoms with Crippen LogP contribution in [-0.2, 0) is 13.1 Å². The van der Waals surface area contributed by atoms with Crippen molar-refractivity contribution < 1.29 is 0 Å². The van der Waals surface area contributed by atoms with Crippen molar-refractivity contribution in [1.82, 2.24) is 9.88 Å². The molecule has 3 nitrogen and oxygen atoms in total. The molecule has 3 rings (SSSR count). The van der Waals surface area contributed by atoms with Crippen LogP contribution in [-0.4, -0.2) is 10.6 Å². The summed E-state index contributed by atoms with van der Waals surface area (Å²) in [5.74, 6) is 0. The van der Waals surface area contributed by atoms with E-state index in [1.165, 1.54) is 41.3 Å². The Morgan fingerprint density at radius 1 is 1.30 bits per heavy atom. The van der Waals surface area contributed by atoms with E-state index in [-0.39, 0.29) is 0 Å². The SMILES string of the molecule is CC(C)n1cc(CNC2CCC2)c2c(CN)cccc21. The molecule has 2 aromatic rings. The van der Waals surface area contributed by atoms with Crippen LogP contribution in [0.2, 0.25) is 0 Å². The zero-order valence-corrected chi connectivity index (χ0v) is 12.5. The number of fused-ring (bicyclic) bond motifs is 1. The third kappa shape index (κ3) is 2.36. The highest BCUT2D eigenvalue weighted by atomic mass is 15.0. The van der Waals surface area contributed by atoms with Crippen LogP contribution in [0.15, 0.2) is 24.4 Å². The molecule has 1 aromatic carbocycles. The predicted molar refractivity (Wildman–Crippen MR) is 84.7 cm³/mol. The van der Waals surface area contributed by atoms with Crippen LogP contribution in [0.5, 0.6) is 0 Å². The molecule has 1 fully saturated rings. The van der Waals surface area contributed by atoms with E-state index < -0.39 is 0 Å². The molecule has 0 unspecified atom stereocenters. The molecular weight excluding hydrogens is 246 g/mol. The Morgan fingerprint density at radius 2 is 2.10 bits per heavy atom. The fraction of sp³-hybridized carbons (Fsp3) is 0.529. The van der Waals surface area contributed by atoms with Crippen LogP contribution < -0.4 is 11.1 Å². The smallest absolute Gasteiger partial charge is 0.0489 e. The van der Waals surface area contributed by atoms with Crippen LogP contribution in [0.25, 0.3) is 10.9 Å². The quantitative estimate of drug-likeness (QED) is 0.876. The van der Waals surface area contributed by atoms with Gasteiger partial charge in [0.05, 0.1) is 0 Å². The van der Waals surface area contributed by atoms with Crippen molar-refractivity contribution in [2.75, 3.05) is 0 Å². The van der Waals surface area contributed by atoms with E-state index in [1.54, 1.807) is 0 Å². The fourth-order valence-corrected chi connectivity index (χ4v) is 3.07. The first-order valence-corrected chi connectivity index (χ1v) is 7.75. The van der Waals surface area contributed by atoms with Gasteiger partial charge in [0.2, 0.25) is 0 Å². The monoisotopic (exact) mass is 271 g/mol. The molecule has 20 heavy (non-hydrogen) atoms. The Morgan fingerprint density at radius 3 is 2.70 bits per heavy atom. The first kappa shape index (κ1) is 13.7. The lowest BCUT2D eigenvalue weighted by atomic mass is 9.93. The third-order valence-corrected chi connectivity index (χ3v) is 4.49. The minimum Gasteiger partial charge on any atom is -0.345 e. The van der Waals surface area contributed by atoms with Crippen molar-refractivity contribution >= 4 is 10.9 Å². The lowest BCUT2D eigenvalue weighted by Gasteiger charge is -2.26.